The van der Waals surface area contributed by atoms with E-state index in [1.54, 1.807) is 21.3 Å². The number of nitrogens with zero attached hydrogens (tertiary/aromatic N) is 2. The van der Waals surface area contributed by atoms with Crippen molar-refractivity contribution in [1.82, 2.24) is 0 Å². The summed E-state index contributed by atoms with van der Waals surface area (Å²) in [5.41, 5.74) is 2.52. The number of aliphatic carboxylic acids is 2. The third-order valence-electron chi connectivity index (χ3n) is 5.89. The fourth-order valence-electron chi connectivity index (χ4n) is 4.09. The summed E-state index contributed by atoms with van der Waals surface area (Å²) in [6, 6.07) is 13.6. The molecular weight excluding hydrogens is 498 g/mol. The number of anilines is 1. The number of benzene rings is 2. The van der Waals surface area contributed by atoms with E-state index in [2.05, 4.69) is 11.0 Å². The van der Waals surface area contributed by atoms with Gasteiger partial charge in [-0.25, -0.2) is 4.79 Å². The van der Waals surface area contributed by atoms with E-state index >= 15 is 0 Å². The number of nitriles is 1. The maximum absolute atomic E-state index is 10.5. The highest BCUT2D eigenvalue weighted by atomic mass is 16.5. The second-order valence-corrected chi connectivity index (χ2v) is 8.33. The molecule has 0 radical (unpaired) electrons. The van der Waals surface area contributed by atoms with Gasteiger partial charge in [0.15, 0.2) is 17.5 Å². The average Bonchev–Trinajstić information content (AvgIpc) is 2.93. The molecule has 2 aromatic carbocycles. The van der Waals surface area contributed by atoms with E-state index in [0.717, 1.165) is 37.4 Å². The summed E-state index contributed by atoms with van der Waals surface area (Å²) in [6.45, 7) is 4.67. The second-order valence-electron chi connectivity index (χ2n) is 8.33. The van der Waals surface area contributed by atoms with Crippen LogP contribution in [0.5, 0.6) is 17.2 Å². The Kier molecular flexibility index (Phi) is 12.1. The summed E-state index contributed by atoms with van der Waals surface area (Å²) in [6.07, 6.45) is -0.561. The molecule has 38 heavy (non-hydrogen) atoms. The van der Waals surface area contributed by atoms with E-state index in [0.29, 0.717) is 36.0 Å². The van der Waals surface area contributed by atoms with E-state index in [9.17, 15) is 10.4 Å². The van der Waals surface area contributed by atoms with E-state index < -0.39 is 18.0 Å². The van der Waals surface area contributed by atoms with Gasteiger partial charge in [0.05, 0.1) is 72.0 Å². The van der Waals surface area contributed by atoms with Crippen molar-refractivity contribution in [3.63, 3.8) is 0 Å². The third kappa shape index (κ3) is 8.52. The quantitative estimate of drug-likeness (QED) is 0.312. The van der Waals surface area contributed by atoms with Crippen molar-refractivity contribution in [2.75, 3.05) is 65.6 Å². The van der Waals surface area contributed by atoms with Gasteiger partial charge in [0.1, 0.15) is 18.7 Å². The number of aliphatic hydroxyl groups is 1. The van der Waals surface area contributed by atoms with Gasteiger partial charge >= 0.3 is 5.97 Å². The molecular formula is C26H33N3O9. The third-order valence-corrected chi connectivity index (χ3v) is 5.89. The van der Waals surface area contributed by atoms with E-state index in [1.165, 1.54) is 4.90 Å². The van der Waals surface area contributed by atoms with Crippen LogP contribution in [0.1, 0.15) is 11.1 Å². The van der Waals surface area contributed by atoms with Crippen LogP contribution in [0.2, 0.25) is 0 Å². The van der Waals surface area contributed by atoms with Gasteiger partial charge in [-0.2, -0.15) is 5.26 Å². The number of methoxy groups -OCH3 is 3. The van der Waals surface area contributed by atoms with Gasteiger partial charge in [-0.05, 0) is 24.3 Å². The molecule has 3 rings (SSSR count). The minimum Gasteiger partial charge on any atom is -0.539 e. The number of piperazine rings is 1. The van der Waals surface area contributed by atoms with Crippen molar-refractivity contribution >= 4 is 17.6 Å². The van der Waals surface area contributed by atoms with Crippen LogP contribution in [0.4, 0.5) is 5.69 Å². The van der Waals surface area contributed by atoms with Crippen LogP contribution in [0.15, 0.2) is 36.4 Å². The van der Waals surface area contributed by atoms with Gasteiger partial charge in [-0.15, -0.1) is 0 Å². The molecule has 1 unspecified atom stereocenters. The zero-order valence-electron chi connectivity index (χ0n) is 21.6. The summed E-state index contributed by atoms with van der Waals surface area (Å²) >= 11 is 0. The number of hydrogen-bond acceptors (Lipinski definition) is 10. The molecule has 1 saturated heterocycles. The molecule has 0 saturated carbocycles. The summed E-state index contributed by atoms with van der Waals surface area (Å²) < 4.78 is 22.0. The number of para-hydroxylation sites is 1. The largest absolute Gasteiger partial charge is 0.539 e. The van der Waals surface area contributed by atoms with Crippen LogP contribution in [0, 0.1) is 11.3 Å². The zero-order chi connectivity index (χ0) is 28.1. The smallest absolute Gasteiger partial charge is 0.351 e. The molecule has 12 nitrogen and oxygen atoms in total. The summed E-state index contributed by atoms with van der Waals surface area (Å²) in [7, 11) is 4.72. The highest BCUT2D eigenvalue weighted by Crippen LogP contribution is 2.39. The normalized spacial score (nSPS) is 13.9. The average molecular weight is 532 g/mol. The Morgan fingerprint density at radius 2 is 1.71 bits per heavy atom. The molecule has 12 heteroatoms. The van der Waals surface area contributed by atoms with Gasteiger partial charge in [0.2, 0.25) is 5.75 Å². The Balaban J connectivity index is 0.000000757. The van der Waals surface area contributed by atoms with Gasteiger partial charge in [0, 0.05) is 5.56 Å². The number of rotatable bonds is 10. The van der Waals surface area contributed by atoms with Crippen molar-refractivity contribution in [2.45, 2.75) is 12.7 Å². The van der Waals surface area contributed by atoms with Gasteiger partial charge < -0.3 is 48.9 Å². The molecule has 1 fully saturated rings. The Morgan fingerprint density at radius 1 is 1.08 bits per heavy atom. The Labute approximate surface area is 221 Å². The molecule has 1 aliphatic rings. The first-order valence-corrected chi connectivity index (χ1v) is 11.8. The minimum atomic E-state index is -2.07. The molecule has 3 N–H and O–H groups in total. The van der Waals surface area contributed by atoms with Crippen molar-refractivity contribution in [2.24, 2.45) is 0 Å². The summed E-state index contributed by atoms with van der Waals surface area (Å²) in [5, 5.41) is 36.1. The predicted octanol–water partition coefficient (Wildman–Crippen LogP) is -1.31. The highest BCUT2D eigenvalue weighted by Gasteiger charge is 2.24. The maximum atomic E-state index is 10.5. The fraction of sp³-hybridized carbons (Fsp3) is 0.423. The van der Waals surface area contributed by atoms with Crippen LogP contribution in [0.25, 0.3) is 0 Å². The molecule has 0 spiro atoms. The predicted molar refractivity (Wildman–Crippen MR) is 133 cm³/mol. The number of carbonyl (C=O) groups excluding carboxylic acids is 1. The molecule has 1 heterocycles. The number of ether oxygens (including phenoxy) is 4. The molecule has 0 bridgehead atoms. The SMILES string of the molecule is COc1ccc(COCC(O)C[NH+]2CCN(c3ccccc3C#N)CC2)c(OC)c1OC.O=C([O-])C(=O)O. The first-order chi connectivity index (χ1) is 18.2. The molecule has 1 aliphatic heterocycles. The number of carbonyl (C=O) groups is 2. The van der Waals surface area contributed by atoms with Crippen LogP contribution in [-0.2, 0) is 20.9 Å². The Hall–Kier alpha value is -4.05. The number of quaternary nitrogens is 1. The molecule has 0 aliphatic carbocycles. The highest BCUT2D eigenvalue weighted by molar-refractivity contribution is 6.26. The molecule has 0 amide bonds. The number of carboxylic acids is 2. The summed E-state index contributed by atoms with van der Waals surface area (Å²) in [4.78, 5) is 21.6. The van der Waals surface area contributed by atoms with Crippen LogP contribution < -0.4 is 29.1 Å². The van der Waals surface area contributed by atoms with Crippen molar-refractivity contribution < 1.29 is 48.8 Å². The lowest BCUT2D eigenvalue weighted by molar-refractivity contribution is -0.903. The molecule has 206 valence electrons. The number of hydrogen-bond donors (Lipinski definition) is 3. The lowest BCUT2D eigenvalue weighted by atomic mass is 10.1. The second kappa shape index (κ2) is 15.3. The van der Waals surface area contributed by atoms with Crippen LogP contribution in [0.3, 0.4) is 0 Å². The lowest BCUT2D eigenvalue weighted by Crippen LogP contribution is -3.16. The molecule has 0 aromatic heterocycles. The fourth-order valence-corrected chi connectivity index (χ4v) is 4.09. The standard InChI is InChI=1S/C24H31N3O5.C2H2O4/c1-29-22-9-8-19(23(30-2)24(22)31-3)16-32-17-20(28)15-26-10-12-27(13-11-26)21-7-5-4-6-18(21)14-25;3-1(4)2(5)6/h4-9,20,28H,10-13,15-17H2,1-3H3;(H,3,4)(H,5,6). The maximum Gasteiger partial charge on any atom is 0.351 e. The van der Waals surface area contributed by atoms with Crippen molar-refractivity contribution in [3.05, 3.63) is 47.5 Å². The topological polar surface area (TPSA) is 166 Å². The number of nitrogens with one attached hydrogen (secondary N) is 1. The minimum absolute atomic E-state index is 0.238. The van der Waals surface area contributed by atoms with E-state index in [1.807, 2.05) is 36.4 Å². The lowest BCUT2D eigenvalue weighted by Gasteiger charge is -2.34. The van der Waals surface area contributed by atoms with Gasteiger partial charge in [-0.3, -0.25) is 0 Å². The first kappa shape index (κ1) is 30.2. The van der Waals surface area contributed by atoms with Gasteiger partial charge in [-0.1, -0.05) is 12.1 Å². The zero-order valence-corrected chi connectivity index (χ0v) is 21.6. The Morgan fingerprint density at radius 3 is 2.26 bits per heavy atom. The molecule has 1 atom stereocenters. The molecule has 2 aromatic rings. The van der Waals surface area contributed by atoms with Crippen LogP contribution >= 0.6 is 0 Å². The van der Waals surface area contributed by atoms with E-state index in [-0.39, 0.29) is 6.61 Å². The van der Waals surface area contributed by atoms with E-state index in [4.69, 9.17) is 38.7 Å². The number of aliphatic hydroxyl groups excluding tert-OH is 1. The first-order valence-electron chi connectivity index (χ1n) is 11.8. The van der Waals surface area contributed by atoms with Gasteiger partial charge in [0.25, 0.3) is 0 Å². The number of carboxylic acid groups (broad SMARTS) is 2. The van der Waals surface area contributed by atoms with Crippen molar-refractivity contribution in [1.29, 1.82) is 5.26 Å². The van der Waals surface area contributed by atoms with Crippen molar-refractivity contribution in [3.8, 4) is 23.3 Å². The Bertz CT molecular complexity index is 1100. The van der Waals surface area contributed by atoms with Crippen LogP contribution in [-0.4, -0.2) is 88.9 Å². The summed E-state index contributed by atoms with van der Waals surface area (Å²) in [5.74, 6) is -2.32. The monoisotopic (exact) mass is 531 g/mol.